The third-order valence-corrected chi connectivity index (χ3v) is 6.92. The fourth-order valence-corrected chi connectivity index (χ4v) is 5.26. The van der Waals surface area contributed by atoms with Crippen molar-refractivity contribution in [3.8, 4) is 0 Å². The Morgan fingerprint density at radius 2 is 1.64 bits per heavy atom. The first-order valence-corrected chi connectivity index (χ1v) is 9.52. The fourth-order valence-electron chi connectivity index (χ4n) is 3.34. The number of benzene rings is 1. The van der Waals surface area contributed by atoms with Gasteiger partial charge in [0.05, 0.1) is 24.4 Å². The zero-order valence-electron chi connectivity index (χ0n) is 14.4. The summed E-state index contributed by atoms with van der Waals surface area (Å²) in [6, 6.07) is 7.95. The number of carbonyl (C=O) groups excluding carboxylic acids is 2. The Kier molecular flexibility index (Phi) is 5.67. The molecule has 1 atom stereocenters. The second-order valence-corrected chi connectivity index (χ2v) is 8.14. The van der Waals surface area contributed by atoms with Crippen molar-refractivity contribution in [1.82, 2.24) is 0 Å². The Hall–Kier alpha value is -2.15. The maximum Gasteiger partial charge on any atom is 0.327 e. The van der Waals surface area contributed by atoms with Crippen molar-refractivity contribution in [2.75, 3.05) is 14.2 Å². The molecule has 1 aliphatic rings. The molecule has 0 bridgehead atoms. The largest absolute Gasteiger partial charge is 0.468 e. The molecule has 1 aliphatic carbocycles. The lowest BCUT2D eigenvalue weighted by Gasteiger charge is -2.31. The first-order chi connectivity index (χ1) is 11.8. The van der Waals surface area contributed by atoms with Gasteiger partial charge in [-0.05, 0) is 30.5 Å². The minimum Gasteiger partial charge on any atom is -0.468 e. The van der Waals surface area contributed by atoms with E-state index in [1.165, 1.54) is 12.1 Å². The van der Waals surface area contributed by atoms with Crippen LogP contribution in [0.3, 0.4) is 0 Å². The van der Waals surface area contributed by atoms with Gasteiger partial charge in [0.1, 0.15) is 0 Å². The summed E-state index contributed by atoms with van der Waals surface area (Å²) in [4.78, 5) is 25.1. The van der Waals surface area contributed by atoms with Gasteiger partial charge in [0.25, 0.3) is 0 Å². The van der Waals surface area contributed by atoms with Gasteiger partial charge < -0.3 is 9.47 Å². The second-order valence-electron chi connectivity index (χ2n) is 6.01. The summed E-state index contributed by atoms with van der Waals surface area (Å²) < 4.78 is 35.8. The van der Waals surface area contributed by atoms with Crippen LogP contribution in [-0.4, -0.2) is 39.8 Å². The van der Waals surface area contributed by atoms with Crippen LogP contribution >= 0.6 is 0 Å². The molecule has 0 heterocycles. The molecule has 0 saturated heterocycles. The van der Waals surface area contributed by atoms with E-state index in [9.17, 15) is 18.0 Å². The molecule has 6 nitrogen and oxygen atoms in total. The molecule has 25 heavy (non-hydrogen) atoms. The number of sulfone groups is 1. The van der Waals surface area contributed by atoms with Crippen molar-refractivity contribution >= 4 is 21.8 Å². The van der Waals surface area contributed by atoms with Crippen molar-refractivity contribution in [2.45, 2.75) is 35.8 Å². The summed E-state index contributed by atoms with van der Waals surface area (Å²) in [5.74, 6) is -1.67. The summed E-state index contributed by atoms with van der Waals surface area (Å²) in [6.07, 6.45) is 1.44. The maximum atomic E-state index is 13.1. The van der Waals surface area contributed by atoms with Crippen LogP contribution < -0.4 is 0 Å². The van der Waals surface area contributed by atoms with Crippen LogP contribution in [0, 0.1) is 5.41 Å². The highest BCUT2D eigenvalue weighted by Gasteiger charge is 2.55. The van der Waals surface area contributed by atoms with Gasteiger partial charge >= 0.3 is 11.9 Å². The van der Waals surface area contributed by atoms with Gasteiger partial charge in [-0.3, -0.25) is 9.59 Å². The van der Waals surface area contributed by atoms with Gasteiger partial charge in [-0.15, -0.1) is 0 Å². The summed E-state index contributed by atoms with van der Waals surface area (Å²) >= 11 is 0. The average Bonchev–Trinajstić information content (AvgIpc) is 2.81. The lowest BCUT2D eigenvalue weighted by Crippen LogP contribution is -2.46. The van der Waals surface area contributed by atoms with Crippen LogP contribution in [0.1, 0.15) is 25.7 Å². The Balaban J connectivity index is 2.59. The summed E-state index contributed by atoms with van der Waals surface area (Å²) in [6.45, 7) is 3.86. The van der Waals surface area contributed by atoms with Gasteiger partial charge in [-0.25, -0.2) is 8.42 Å². The normalized spacial score (nSPS) is 20.4. The summed E-state index contributed by atoms with van der Waals surface area (Å²) in [7, 11) is -1.49. The smallest absolute Gasteiger partial charge is 0.327 e. The number of methoxy groups -OCH3 is 2. The van der Waals surface area contributed by atoms with Gasteiger partial charge in [0, 0.05) is 0 Å². The van der Waals surface area contributed by atoms with E-state index in [1.807, 2.05) is 0 Å². The van der Waals surface area contributed by atoms with Crippen molar-refractivity contribution in [3.05, 3.63) is 42.5 Å². The minimum absolute atomic E-state index is 0.0209. The first kappa shape index (κ1) is 19.2. The quantitative estimate of drug-likeness (QED) is 0.352. The highest BCUT2D eigenvalue weighted by molar-refractivity contribution is 7.92. The molecule has 0 radical (unpaired) electrons. The van der Waals surface area contributed by atoms with Gasteiger partial charge in [-0.2, -0.15) is 0 Å². The zero-order valence-corrected chi connectivity index (χ0v) is 15.2. The molecule has 2 rings (SSSR count). The lowest BCUT2D eigenvalue weighted by molar-refractivity contribution is -0.166. The van der Waals surface area contributed by atoms with E-state index in [0.29, 0.717) is 12.8 Å². The fraction of sp³-hybridized carbons (Fsp3) is 0.444. The average molecular weight is 366 g/mol. The van der Waals surface area contributed by atoms with E-state index >= 15 is 0 Å². The second kappa shape index (κ2) is 7.39. The van der Waals surface area contributed by atoms with Gasteiger partial charge in [0.2, 0.25) is 0 Å². The third-order valence-electron chi connectivity index (χ3n) is 4.72. The molecule has 0 spiro atoms. The minimum atomic E-state index is -3.80. The van der Waals surface area contributed by atoms with Crippen molar-refractivity contribution in [2.24, 2.45) is 5.41 Å². The van der Waals surface area contributed by atoms with Crippen LogP contribution in [0.25, 0.3) is 0 Å². The Morgan fingerprint density at radius 3 is 2.16 bits per heavy atom. The van der Waals surface area contributed by atoms with E-state index in [4.69, 9.17) is 9.47 Å². The molecular weight excluding hydrogens is 344 g/mol. The van der Waals surface area contributed by atoms with Crippen LogP contribution in [-0.2, 0) is 28.9 Å². The van der Waals surface area contributed by atoms with Crippen LogP contribution in [0.15, 0.2) is 47.4 Å². The number of carbonyl (C=O) groups is 2. The lowest BCUT2D eigenvalue weighted by atomic mass is 9.76. The van der Waals surface area contributed by atoms with Crippen molar-refractivity contribution in [1.29, 1.82) is 0 Å². The maximum absolute atomic E-state index is 13.1. The molecule has 1 aromatic rings. The standard InChI is InChI=1S/C18H22O6S/c1-13-15(25(21,22)14-9-5-4-6-10-14)11-7-8-12-18(13,16(19)23-2)17(20)24-3/h4-6,9-10,15H,1,7-8,11-12H2,2-3H3. The monoisotopic (exact) mass is 366 g/mol. The molecule has 0 aromatic heterocycles. The SMILES string of the molecule is C=C1C(S(=O)(=O)c2ccccc2)CCCCC1(C(=O)OC)C(=O)OC. The predicted molar refractivity (Wildman–Crippen MR) is 91.5 cm³/mol. The molecular formula is C18H22O6S. The van der Waals surface area contributed by atoms with E-state index in [0.717, 1.165) is 14.2 Å². The molecule has 1 fully saturated rings. The highest BCUT2D eigenvalue weighted by Crippen LogP contribution is 2.44. The van der Waals surface area contributed by atoms with E-state index in [2.05, 4.69) is 6.58 Å². The summed E-state index contributed by atoms with van der Waals surface area (Å²) in [5, 5.41) is -1.06. The van der Waals surface area contributed by atoms with Crippen LogP contribution in [0.4, 0.5) is 0 Å². The zero-order chi connectivity index (χ0) is 18.7. The third kappa shape index (κ3) is 3.20. The van der Waals surface area contributed by atoms with E-state index < -0.39 is 32.4 Å². The van der Waals surface area contributed by atoms with Gasteiger partial charge in [0.15, 0.2) is 15.3 Å². The Bertz CT molecular complexity index is 750. The molecule has 7 heteroatoms. The van der Waals surface area contributed by atoms with Crippen molar-refractivity contribution in [3.63, 3.8) is 0 Å². The first-order valence-electron chi connectivity index (χ1n) is 7.97. The number of esters is 2. The molecule has 1 unspecified atom stereocenters. The highest BCUT2D eigenvalue weighted by atomic mass is 32.2. The number of rotatable bonds is 4. The molecule has 0 amide bonds. The predicted octanol–water partition coefficient (Wildman–Crippen LogP) is 2.29. The Labute approximate surface area is 147 Å². The van der Waals surface area contributed by atoms with Gasteiger partial charge in [-0.1, -0.05) is 37.6 Å². The number of hydrogen-bond donors (Lipinski definition) is 0. The van der Waals surface area contributed by atoms with E-state index in [1.54, 1.807) is 18.2 Å². The van der Waals surface area contributed by atoms with E-state index in [-0.39, 0.29) is 23.3 Å². The number of ether oxygens (including phenoxy) is 2. The van der Waals surface area contributed by atoms with Crippen LogP contribution in [0.2, 0.25) is 0 Å². The number of hydrogen-bond acceptors (Lipinski definition) is 6. The molecule has 0 N–H and O–H groups in total. The molecule has 1 aromatic carbocycles. The van der Waals surface area contributed by atoms with Crippen molar-refractivity contribution < 1.29 is 27.5 Å². The molecule has 136 valence electrons. The van der Waals surface area contributed by atoms with Crippen LogP contribution in [0.5, 0.6) is 0 Å². The molecule has 0 aliphatic heterocycles. The summed E-state index contributed by atoms with van der Waals surface area (Å²) in [5.41, 5.74) is -1.78. The molecule has 1 saturated carbocycles. The topological polar surface area (TPSA) is 86.7 Å². The Morgan fingerprint density at radius 1 is 1.08 bits per heavy atom.